The van der Waals surface area contributed by atoms with Crippen LogP contribution >= 0.6 is 0 Å². The molecule has 9 heteroatoms. The van der Waals surface area contributed by atoms with Gasteiger partial charge in [-0.3, -0.25) is 4.90 Å². The molecule has 3 aliphatic rings. The largest absolute Gasteiger partial charge is 0.454 e. The van der Waals surface area contributed by atoms with E-state index in [-0.39, 0.29) is 19.3 Å². The molecule has 1 aromatic carbocycles. The number of fused-ring (bicyclic) bond motifs is 2. The van der Waals surface area contributed by atoms with E-state index in [2.05, 4.69) is 15.3 Å². The minimum Gasteiger partial charge on any atom is -0.454 e. The van der Waals surface area contributed by atoms with Crippen molar-refractivity contribution >= 4 is 29.3 Å². The van der Waals surface area contributed by atoms with Crippen LogP contribution in [0, 0.1) is 5.92 Å². The summed E-state index contributed by atoms with van der Waals surface area (Å²) in [6.07, 6.45) is 7.20. The van der Waals surface area contributed by atoms with Gasteiger partial charge in [-0.05, 0) is 18.2 Å². The Morgan fingerprint density at radius 3 is 3.07 bits per heavy atom. The maximum Gasteiger partial charge on any atom is 0.349 e. The van der Waals surface area contributed by atoms with Crippen LogP contribution in [0.2, 0.25) is 0 Å². The number of ether oxygens (including phenoxy) is 3. The number of hydrogen-bond donors (Lipinski definition) is 1. The van der Waals surface area contributed by atoms with Gasteiger partial charge >= 0.3 is 12.1 Å². The van der Waals surface area contributed by atoms with Crippen LogP contribution in [-0.4, -0.2) is 55.6 Å². The zero-order chi connectivity index (χ0) is 19.5. The highest BCUT2D eigenvalue weighted by Gasteiger charge is 2.34. The summed E-state index contributed by atoms with van der Waals surface area (Å²) in [5, 5.41) is 2.69. The number of benzene rings is 1. The first-order chi connectivity index (χ1) is 13.7. The van der Waals surface area contributed by atoms with Crippen LogP contribution < -0.4 is 14.8 Å². The van der Waals surface area contributed by atoms with Gasteiger partial charge in [0, 0.05) is 18.9 Å². The summed E-state index contributed by atoms with van der Waals surface area (Å²) in [5.74, 6) is 1.11. The van der Waals surface area contributed by atoms with Crippen LogP contribution in [0.3, 0.4) is 0 Å². The molecule has 0 bridgehead atoms. The molecule has 1 atom stereocenters. The summed E-state index contributed by atoms with van der Waals surface area (Å²) in [5.41, 5.74) is 1.06. The molecular weight excluding hydrogens is 364 g/mol. The van der Waals surface area contributed by atoms with Crippen molar-refractivity contribution in [2.24, 2.45) is 15.9 Å². The number of methoxy groups -OCH3 is 1. The van der Waals surface area contributed by atoms with Crippen LogP contribution in [0.25, 0.3) is 0 Å². The first-order valence-electron chi connectivity index (χ1n) is 8.69. The van der Waals surface area contributed by atoms with Gasteiger partial charge in [0.05, 0.1) is 24.8 Å². The summed E-state index contributed by atoms with van der Waals surface area (Å²) >= 11 is 0. The number of amides is 4. The number of carbonyl (C=O) groups excluding carboxylic acids is 2. The molecule has 28 heavy (non-hydrogen) atoms. The van der Waals surface area contributed by atoms with E-state index in [0.29, 0.717) is 35.3 Å². The van der Waals surface area contributed by atoms with Crippen molar-refractivity contribution in [1.29, 1.82) is 0 Å². The molecule has 144 valence electrons. The Bertz CT molecular complexity index is 934. The van der Waals surface area contributed by atoms with Crippen molar-refractivity contribution in [2.75, 3.05) is 32.4 Å². The van der Waals surface area contributed by atoms with Gasteiger partial charge in [-0.15, -0.1) is 0 Å². The van der Waals surface area contributed by atoms with Gasteiger partial charge in [-0.1, -0.05) is 18.2 Å². The van der Waals surface area contributed by atoms with Crippen molar-refractivity contribution in [1.82, 2.24) is 4.90 Å². The standard InChI is InChI=1S/C19H18N4O5/c1-26-9-8-23-17(13-4-2-3-5-14(13)21-19(23)25)22-18(24)20-12-6-7-15-16(10-12)28-11-27-15/h2-7,10,13H,8-9,11H2,1H3,(H,20,24)/b22-17+. The first kappa shape index (κ1) is 17.9. The van der Waals surface area contributed by atoms with Gasteiger partial charge in [0.2, 0.25) is 6.79 Å². The molecule has 4 amide bonds. The molecule has 1 aromatic rings. The number of aliphatic imine (C=N–C) groups is 2. The molecule has 0 spiro atoms. The number of amidine groups is 1. The van der Waals surface area contributed by atoms with E-state index in [1.54, 1.807) is 30.4 Å². The number of nitrogens with zero attached hydrogens (tertiary/aromatic N) is 3. The maximum atomic E-state index is 12.6. The molecule has 0 radical (unpaired) electrons. The molecule has 0 fully saturated rings. The molecule has 0 saturated heterocycles. The highest BCUT2D eigenvalue weighted by atomic mass is 16.7. The summed E-state index contributed by atoms with van der Waals surface area (Å²) in [4.78, 5) is 34.6. The number of carbonyl (C=O) groups is 2. The zero-order valence-electron chi connectivity index (χ0n) is 15.1. The average Bonchev–Trinajstić information content (AvgIpc) is 3.15. The molecule has 0 aromatic heterocycles. The highest BCUT2D eigenvalue weighted by molar-refractivity contribution is 6.24. The SMILES string of the molecule is COCCN1C(=O)N=C2C=CC=CC2/C1=N\C(=O)Nc1ccc2c(c1)OCO2. The second-order valence-corrected chi connectivity index (χ2v) is 6.15. The van der Waals surface area contributed by atoms with Crippen LogP contribution in [0.15, 0.2) is 52.5 Å². The van der Waals surface area contributed by atoms with E-state index in [4.69, 9.17) is 14.2 Å². The first-order valence-corrected chi connectivity index (χ1v) is 8.69. The van der Waals surface area contributed by atoms with E-state index in [1.165, 1.54) is 12.0 Å². The Kier molecular flexibility index (Phi) is 4.90. The Morgan fingerprint density at radius 2 is 2.21 bits per heavy atom. The molecule has 9 nitrogen and oxygen atoms in total. The summed E-state index contributed by atoms with van der Waals surface area (Å²) in [6, 6.07) is 3.98. The Morgan fingerprint density at radius 1 is 1.36 bits per heavy atom. The lowest BCUT2D eigenvalue weighted by atomic mass is 9.95. The molecule has 0 saturated carbocycles. The van der Waals surface area contributed by atoms with Crippen molar-refractivity contribution in [3.63, 3.8) is 0 Å². The van der Waals surface area contributed by atoms with E-state index in [1.807, 2.05) is 12.2 Å². The van der Waals surface area contributed by atoms with Gasteiger partial charge in [0.15, 0.2) is 11.5 Å². The quantitative estimate of drug-likeness (QED) is 0.862. The maximum absolute atomic E-state index is 12.6. The molecular formula is C19H18N4O5. The average molecular weight is 382 g/mol. The van der Waals surface area contributed by atoms with Gasteiger partial charge in [0.1, 0.15) is 5.84 Å². The molecule has 2 heterocycles. The number of allylic oxidation sites excluding steroid dienone is 3. The van der Waals surface area contributed by atoms with Gasteiger partial charge < -0.3 is 19.5 Å². The number of urea groups is 2. The van der Waals surface area contributed by atoms with Crippen molar-refractivity contribution in [3.8, 4) is 11.5 Å². The molecule has 1 aliphatic carbocycles. The topological polar surface area (TPSA) is 102 Å². The van der Waals surface area contributed by atoms with Crippen LogP contribution in [0.5, 0.6) is 11.5 Å². The van der Waals surface area contributed by atoms with E-state index in [9.17, 15) is 9.59 Å². The third kappa shape index (κ3) is 3.52. The van der Waals surface area contributed by atoms with Crippen molar-refractivity contribution in [3.05, 3.63) is 42.5 Å². The third-order valence-electron chi connectivity index (χ3n) is 4.37. The molecule has 1 unspecified atom stereocenters. The van der Waals surface area contributed by atoms with Gasteiger partial charge in [-0.25, -0.2) is 9.59 Å². The number of rotatable bonds is 4. The third-order valence-corrected chi connectivity index (χ3v) is 4.37. The lowest BCUT2D eigenvalue weighted by molar-refractivity contribution is 0.173. The Labute approximate surface area is 161 Å². The van der Waals surface area contributed by atoms with E-state index in [0.717, 1.165) is 0 Å². The predicted octanol–water partition coefficient (Wildman–Crippen LogP) is 2.61. The second-order valence-electron chi connectivity index (χ2n) is 6.15. The minimum atomic E-state index is -0.603. The molecule has 4 rings (SSSR count). The van der Waals surface area contributed by atoms with Crippen LogP contribution in [0.1, 0.15) is 0 Å². The number of anilines is 1. The van der Waals surface area contributed by atoms with E-state index >= 15 is 0 Å². The van der Waals surface area contributed by atoms with Gasteiger partial charge in [0.25, 0.3) is 0 Å². The molecule has 2 aliphatic heterocycles. The minimum absolute atomic E-state index is 0.148. The number of hydrogen-bond acceptors (Lipinski definition) is 5. The predicted molar refractivity (Wildman–Crippen MR) is 102 cm³/mol. The van der Waals surface area contributed by atoms with E-state index < -0.39 is 12.1 Å². The number of nitrogens with one attached hydrogen (secondary N) is 1. The zero-order valence-corrected chi connectivity index (χ0v) is 15.1. The van der Waals surface area contributed by atoms with Crippen molar-refractivity contribution < 1.29 is 23.8 Å². The fraction of sp³-hybridized carbons (Fsp3) is 0.263. The fourth-order valence-electron chi connectivity index (χ4n) is 3.05. The van der Waals surface area contributed by atoms with Crippen molar-refractivity contribution in [2.45, 2.75) is 0 Å². The normalized spacial score (nSPS) is 21.0. The summed E-state index contributed by atoms with van der Waals surface area (Å²) < 4.78 is 15.6. The fourth-order valence-corrected chi connectivity index (χ4v) is 3.05. The van der Waals surface area contributed by atoms with Crippen LogP contribution in [0.4, 0.5) is 15.3 Å². The Balaban J connectivity index is 1.59. The smallest absolute Gasteiger partial charge is 0.349 e. The van der Waals surface area contributed by atoms with Gasteiger partial charge in [-0.2, -0.15) is 9.98 Å². The molecule has 1 N–H and O–H groups in total. The van der Waals surface area contributed by atoms with Crippen LogP contribution in [-0.2, 0) is 4.74 Å². The lowest BCUT2D eigenvalue weighted by Crippen LogP contribution is -2.48. The summed E-state index contributed by atoms with van der Waals surface area (Å²) in [6.45, 7) is 0.692. The monoisotopic (exact) mass is 382 g/mol. The second kappa shape index (κ2) is 7.65. The lowest BCUT2D eigenvalue weighted by Gasteiger charge is -2.31. The Hall–Kier alpha value is -3.46. The summed E-state index contributed by atoms with van der Waals surface area (Å²) in [7, 11) is 1.54. The highest BCUT2D eigenvalue weighted by Crippen LogP contribution is 2.34.